The second kappa shape index (κ2) is 8.08. The summed E-state index contributed by atoms with van der Waals surface area (Å²) in [7, 11) is 0. The zero-order valence-electron chi connectivity index (χ0n) is 13.0. The highest BCUT2D eigenvalue weighted by Crippen LogP contribution is 2.02. The van der Waals surface area contributed by atoms with Crippen LogP contribution < -0.4 is 11.1 Å². The van der Waals surface area contributed by atoms with E-state index in [9.17, 15) is 9.59 Å². The maximum Gasteiger partial charge on any atom is 0.283 e. The predicted octanol–water partition coefficient (Wildman–Crippen LogP) is 1.15. The third kappa shape index (κ3) is 5.13. The number of aromatic nitrogens is 6. The van der Waals surface area contributed by atoms with Crippen molar-refractivity contribution >= 4 is 11.5 Å². The summed E-state index contributed by atoms with van der Waals surface area (Å²) in [5.41, 5.74) is 1.41. The second-order valence-electron chi connectivity index (χ2n) is 4.39. The minimum absolute atomic E-state index is 0.0486. The van der Waals surface area contributed by atoms with E-state index in [1.165, 1.54) is 11.5 Å². The van der Waals surface area contributed by atoms with E-state index in [1.54, 1.807) is 20.8 Å². The van der Waals surface area contributed by atoms with Crippen molar-refractivity contribution in [2.24, 2.45) is 0 Å². The summed E-state index contributed by atoms with van der Waals surface area (Å²) >= 11 is 1.39. The van der Waals surface area contributed by atoms with Gasteiger partial charge in [0.05, 0.1) is 5.56 Å². The molecular weight excluding hydrogens is 308 g/mol. The molecule has 0 spiro atoms. The maximum atomic E-state index is 10.6. The molecule has 9 nitrogen and oxygen atoms in total. The van der Waals surface area contributed by atoms with Gasteiger partial charge in [-0.15, -0.1) is 10.2 Å². The van der Waals surface area contributed by atoms with E-state index in [4.69, 9.17) is 0 Å². The highest BCUT2D eigenvalue weighted by molar-refractivity contribution is 7.05. The molecule has 0 amide bonds. The van der Waals surface area contributed by atoms with Crippen LogP contribution >= 0.6 is 11.5 Å². The lowest BCUT2D eigenvalue weighted by molar-refractivity contribution is 0.391. The van der Waals surface area contributed by atoms with Crippen molar-refractivity contribution < 1.29 is 4.52 Å². The molecule has 22 heavy (non-hydrogen) atoms. The SMILES string of the molecule is Cc1nn[nH]n1.Cc1o[nH]c(=O)c1C.Cc1s[nH]c(=O)c1C. The van der Waals surface area contributed by atoms with Gasteiger partial charge in [-0.3, -0.25) is 14.0 Å². The topological polar surface area (TPSA) is 133 Å². The van der Waals surface area contributed by atoms with Crippen LogP contribution in [0.4, 0.5) is 0 Å². The van der Waals surface area contributed by atoms with Gasteiger partial charge >= 0.3 is 0 Å². The number of hydrogen-bond acceptors (Lipinski definition) is 7. The van der Waals surface area contributed by atoms with Crippen LogP contribution in [-0.4, -0.2) is 30.2 Å². The summed E-state index contributed by atoms with van der Waals surface area (Å²) in [4.78, 5) is 22.2. The fourth-order valence-corrected chi connectivity index (χ4v) is 1.73. The zero-order valence-corrected chi connectivity index (χ0v) is 13.8. The Kier molecular flexibility index (Phi) is 6.45. The molecule has 0 saturated heterocycles. The molecule has 0 aliphatic carbocycles. The summed E-state index contributed by atoms with van der Waals surface area (Å²) in [5.74, 6) is 1.34. The van der Waals surface area contributed by atoms with Gasteiger partial charge in [-0.1, -0.05) is 16.7 Å². The largest absolute Gasteiger partial charge is 0.384 e. The molecule has 0 saturated carbocycles. The van der Waals surface area contributed by atoms with Gasteiger partial charge < -0.3 is 4.52 Å². The van der Waals surface area contributed by atoms with Crippen LogP contribution in [0.25, 0.3) is 0 Å². The number of aryl methyl sites for hydroxylation is 3. The summed E-state index contributed by atoms with van der Waals surface area (Å²) < 4.78 is 7.28. The normalized spacial score (nSPS) is 9.50. The van der Waals surface area contributed by atoms with Gasteiger partial charge in [-0.05, 0) is 34.6 Å². The Labute approximate surface area is 129 Å². The average Bonchev–Trinajstić information content (AvgIpc) is 3.16. The van der Waals surface area contributed by atoms with E-state index in [1.807, 2.05) is 13.8 Å². The minimum atomic E-state index is -0.137. The van der Waals surface area contributed by atoms with Crippen LogP contribution in [0.2, 0.25) is 0 Å². The van der Waals surface area contributed by atoms with Gasteiger partial charge in [0.2, 0.25) is 0 Å². The Morgan fingerprint density at radius 1 is 1.00 bits per heavy atom. The van der Waals surface area contributed by atoms with Gasteiger partial charge in [0.25, 0.3) is 11.1 Å². The molecule has 0 unspecified atom stereocenters. The van der Waals surface area contributed by atoms with Crippen molar-refractivity contribution in [3.63, 3.8) is 0 Å². The van der Waals surface area contributed by atoms with Gasteiger partial charge in [0.15, 0.2) is 5.82 Å². The molecule has 0 aromatic carbocycles. The first-order valence-electron chi connectivity index (χ1n) is 6.32. The summed E-state index contributed by atoms with van der Waals surface area (Å²) in [5, 5.41) is 14.9. The predicted molar refractivity (Wildman–Crippen MR) is 82.1 cm³/mol. The smallest absolute Gasteiger partial charge is 0.283 e. The van der Waals surface area contributed by atoms with Crippen molar-refractivity contribution in [1.29, 1.82) is 0 Å². The van der Waals surface area contributed by atoms with Crippen LogP contribution in [0.5, 0.6) is 0 Å². The summed E-state index contributed by atoms with van der Waals surface area (Å²) in [6, 6.07) is 0. The first-order chi connectivity index (χ1) is 10.3. The molecule has 3 aromatic heterocycles. The second-order valence-corrected chi connectivity index (χ2v) is 5.41. The number of H-pyrrole nitrogens is 3. The molecule has 10 heteroatoms. The Morgan fingerprint density at radius 2 is 1.68 bits per heavy atom. The Bertz CT molecular complexity index is 743. The summed E-state index contributed by atoms with van der Waals surface area (Å²) in [6.45, 7) is 8.98. The van der Waals surface area contributed by atoms with Crippen molar-refractivity contribution in [2.45, 2.75) is 34.6 Å². The molecule has 0 bridgehead atoms. The third-order valence-corrected chi connectivity index (χ3v) is 3.68. The number of nitrogens with zero attached hydrogens (tertiary/aromatic N) is 3. The Balaban J connectivity index is 0.000000167. The monoisotopic (exact) mass is 326 g/mol. The van der Waals surface area contributed by atoms with Gasteiger partial charge in [-0.2, -0.15) is 10.4 Å². The standard InChI is InChI=1S/C5H7NO2.C5H7NOS.C2H4N4/c2*1-3-4(2)8-6-5(3)7;1-2-3-5-6-4-2/h2*1-2H3,(H,6,7);1H3,(H,3,4,5,6). The van der Waals surface area contributed by atoms with Gasteiger partial charge in [-0.25, -0.2) is 0 Å². The fourth-order valence-electron chi connectivity index (χ4n) is 1.08. The van der Waals surface area contributed by atoms with Crippen molar-refractivity contribution in [3.05, 3.63) is 48.3 Å². The minimum Gasteiger partial charge on any atom is -0.384 e. The first-order valence-corrected chi connectivity index (χ1v) is 7.14. The fraction of sp³-hybridized carbons (Fsp3) is 0.417. The highest BCUT2D eigenvalue weighted by atomic mass is 32.1. The number of aromatic amines is 3. The number of nitrogens with one attached hydrogen (secondary N) is 3. The molecule has 0 fully saturated rings. The molecular formula is C12H18N6O3S. The van der Waals surface area contributed by atoms with Crippen LogP contribution in [-0.2, 0) is 0 Å². The van der Waals surface area contributed by atoms with Crippen molar-refractivity contribution in [2.75, 3.05) is 0 Å². The van der Waals surface area contributed by atoms with Crippen LogP contribution in [0, 0.1) is 34.6 Å². The van der Waals surface area contributed by atoms with E-state index in [2.05, 4.69) is 34.7 Å². The molecule has 0 atom stereocenters. The van der Waals surface area contributed by atoms with E-state index < -0.39 is 0 Å². The number of hydrogen-bond donors (Lipinski definition) is 3. The molecule has 3 aromatic rings. The van der Waals surface area contributed by atoms with Gasteiger partial charge in [0, 0.05) is 10.4 Å². The lowest BCUT2D eigenvalue weighted by atomic mass is 10.3. The van der Waals surface area contributed by atoms with Crippen LogP contribution in [0.15, 0.2) is 14.1 Å². The Morgan fingerprint density at radius 3 is 1.82 bits per heavy atom. The molecule has 3 heterocycles. The first kappa shape index (κ1) is 17.6. The maximum absolute atomic E-state index is 10.6. The van der Waals surface area contributed by atoms with E-state index in [-0.39, 0.29) is 11.1 Å². The van der Waals surface area contributed by atoms with Crippen molar-refractivity contribution in [3.8, 4) is 0 Å². The quantitative estimate of drug-likeness (QED) is 0.567. The molecule has 3 rings (SSSR count). The lowest BCUT2D eigenvalue weighted by Crippen LogP contribution is -2.00. The van der Waals surface area contributed by atoms with Crippen LogP contribution in [0.1, 0.15) is 27.6 Å². The van der Waals surface area contributed by atoms with E-state index >= 15 is 0 Å². The Hall–Kier alpha value is -2.49. The molecule has 120 valence electrons. The van der Waals surface area contributed by atoms with Gasteiger partial charge in [0.1, 0.15) is 5.76 Å². The number of rotatable bonds is 0. The molecule has 0 radical (unpaired) electrons. The van der Waals surface area contributed by atoms with Crippen molar-refractivity contribution in [1.82, 2.24) is 30.2 Å². The lowest BCUT2D eigenvalue weighted by Gasteiger charge is -1.76. The molecule has 0 aliphatic rings. The van der Waals surface area contributed by atoms with Crippen LogP contribution in [0.3, 0.4) is 0 Å². The molecule has 0 aliphatic heterocycles. The molecule has 3 N–H and O–H groups in total. The zero-order chi connectivity index (χ0) is 16.7. The summed E-state index contributed by atoms with van der Waals surface area (Å²) in [6.07, 6.45) is 0. The van der Waals surface area contributed by atoms with E-state index in [0.29, 0.717) is 17.1 Å². The third-order valence-electron chi connectivity index (χ3n) is 2.78. The number of tetrazole rings is 1. The van der Waals surface area contributed by atoms with E-state index in [0.717, 1.165) is 10.4 Å². The highest BCUT2D eigenvalue weighted by Gasteiger charge is 1.98. The average molecular weight is 326 g/mol.